The molecule has 3 aromatic carbocycles. The third-order valence-electron chi connectivity index (χ3n) is 5.78. The van der Waals surface area contributed by atoms with E-state index in [1.165, 1.54) is 39.1 Å². The topological polar surface area (TPSA) is 12.0 Å². The van der Waals surface area contributed by atoms with Crippen molar-refractivity contribution in [1.29, 1.82) is 0 Å². The molecule has 3 aromatic rings. The lowest BCUT2D eigenvalue weighted by Gasteiger charge is -2.21. The van der Waals surface area contributed by atoms with Gasteiger partial charge in [0.15, 0.2) is 0 Å². The second-order valence-electron chi connectivity index (χ2n) is 7.70. The molecule has 1 heteroatoms. The predicted molar refractivity (Wildman–Crippen MR) is 125 cm³/mol. The quantitative estimate of drug-likeness (QED) is 0.491. The van der Waals surface area contributed by atoms with Crippen molar-refractivity contribution >= 4 is 23.0 Å². The van der Waals surface area contributed by atoms with Gasteiger partial charge >= 0.3 is 0 Å². The van der Waals surface area contributed by atoms with Crippen LogP contribution < -0.4 is 5.32 Å². The maximum atomic E-state index is 3.60. The Hall–Kier alpha value is -3.32. The molecule has 0 fully saturated rings. The van der Waals surface area contributed by atoms with Crippen LogP contribution in [0.4, 0.5) is 11.4 Å². The van der Waals surface area contributed by atoms with Crippen LogP contribution in [-0.4, -0.2) is 0 Å². The average molecular weight is 376 g/mol. The molecular weight excluding hydrogens is 350 g/mol. The van der Waals surface area contributed by atoms with Crippen LogP contribution in [-0.2, 0) is 6.42 Å². The third-order valence-corrected chi connectivity index (χ3v) is 5.78. The molecule has 0 heterocycles. The second kappa shape index (κ2) is 7.97. The number of benzene rings is 3. The Bertz CT molecular complexity index is 1100. The van der Waals surface area contributed by atoms with E-state index in [-0.39, 0.29) is 0 Å². The minimum absolute atomic E-state index is 1.08. The van der Waals surface area contributed by atoms with Gasteiger partial charge in [-0.05, 0) is 71.7 Å². The van der Waals surface area contributed by atoms with E-state index in [9.17, 15) is 0 Å². The minimum Gasteiger partial charge on any atom is -0.355 e. The molecule has 142 valence electrons. The molecule has 5 rings (SSSR count). The summed E-state index contributed by atoms with van der Waals surface area (Å²) in [6.07, 6.45) is 15.9. The largest absolute Gasteiger partial charge is 0.355 e. The van der Waals surface area contributed by atoms with Crippen molar-refractivity contribution in [3.63, 3.8) is 0 Å². The summed E-state index contributed by atoms with van der Waals surface area (Å²) in [5.41, 5.74) is 10.4. The number of para-hydroxylation sites is 1. The summed E-state index contributed by atoms with van der Waals surface area (Å²) in [7, 11) is 0. The van der Waals surface area contributed by atoms with Crippen LogP contribution in [0.1, 0.15) is 36.0 Å². The molecule has 0 bridgehead atoms. The van der Waals surface area contributed by atoms with Crippen molar-refractivity contribution in [3.05, 3.63) is 108 Å². The summed E-state index contributed by atoms with van der Waals surface area (Å²) >= 11 is 0. The summed E-state index contributed by atoms with van der Waals surface area (Å²) in [6.45, 7) is 0. The van der Waals surface area contributed by atoms with Crippen molar-refractivity contribution in [3.8, 4) is 11.1 Å². The van der Waals surface area contributed by atoms with Crippen molar-refractivity contribution in [1.82, 2.24) is 0 Å². The van der Waals surface area contributed by atoms with Crippen LogP contribution in [0.2, 0.25) is 0 Å². The Labute approximate surface area is 173 Å². The molecule has 0 radical (unpaired) electrons. The van der Waals surface area contributed by atoms with Crippen molar-refractivity contribution in [2.24, 2.45) is 0 Å². The first kappa shape index (κ1) is 17.8. The lowest BCUT2D eigenvalue weighted by molar-refractivity contribution is 0.988. The highest BCUT2D eigenvalue weighted by molar-refractivity contribution is 5.84. The monoisotopic (exact) mass is 375 g/mol. The smallest absolute Gasteiger partial charge is 0.0460 e. The highest BCUT2D eigenvalue weighted by Crippen LogP contribution is 2.37. The lowest BCUT2D eigenvalue weighted by Crippen LogP contribution is -2.02. The van der Waals surface area contributed by atoms with Crippen LogP contribution in [0.25, 0.3) is 22.8 Å². The first-order valence-corrected chi connectivity index (χ1v) is 10.5. The molecule has 2 aliphatic carbocycles. The molecule has 0 saturated carbocycles. The van der Waals surface area contributed by atoms with Crippen molar-refractivity contribution < 1.29 is 0 Å². The predicted octanol–water partition coefficient (Wildman–Crippen LogP) is 7.79. The summed E-state index contributed by atoms with van der Waals surface area (Å²) < 4.78 is 0. The van der Waals surface area contributed by atoms with E-state index in [2.05, 4.69) is 96.4 Å². The second-order valence-corrected chi connectivity index (χ2v) is 7.70. The van der Waals surface area contributed by atoms with Gasteiger partial charge in [-0.2, -0.15) is 0 Å². The molecule has 0 unspecified atom stereocenters. The van der Waals surface area contributed by atoms with Gasteiger partial charge in [-0.1, -0.05) is 78.9 Å². The molecular formula is C28H25N. The number of rotatable bonds is 4. The summed E-state index contributed by atoms with van der Waals surface area (Å²) in [6, 6.07) is 24.0. The van der Waals surface area contributed by atoms with Gasteiger partial charge in [-0.3, -0.25) is 0 Å². The van der Waals surface area contributed by atoms with Crippen LogP contribution >= 0.6 is 0 Å². The van der Waals surface area contributed by atoms with Crippen molar-refractivity contribution in [2.45, 2.75) is 25.7 Å². The zero-order valence-corrected chi connectivity index (χ0v) is 16.6. The number of anilines is 2. The molecule has 29 heavy (non-hydrogen) atoms. The van der Waals surface area contributed by atoms with Gasteiger partial charge in [-0.25, -0.2) is 0 Å². The molecule has 0 aliphatic heterocycles. The van der Waals surface area contributed by atoms with Crippen LogP contribution in [0.3, 0.4) is 0 Å². The normalized spacial score (nSPS) is 15.0. The number of hydrogen-bond donors (Lipinski definition) is 1. The fourth-order valence-corrected chi connectivity index (χ4v) is 4.28. The summed E-state index contributed by atoms with van der Waals surface area (Å²) in [4.78, 5) is 0. The Morgan fingerprint density at radius 1 is 0.655 bits per heavy atom. The van der Waals surface area contributed by atoms with E-state index in [0.29, 0.717) is 0 Å². The zero-order chi connectivity index (χ0) is 19.5. The average Bonchev–Trinajstić information content (AvgIpc) is 2.81. The summed E-state index contributed by atoms with van der Waals surface area (Å²) in [5, 5.41) is 3.60. The Morgan fingerprint density at radius 2 is 1.45 bits per heavy atom. The lowest BCUT2D eigenvalue weighted by atomic mass is 9.87. The van der Waals surface area contributed by atoms with Gasteiger partial charge < -0.3 is 5.32 Å². The van der Waals surface area contributed by atoms with E-state index < -0.39 is 0 Å². The first-order valence-electron chi connectivity index (χ1n) is 10.5. The molecule has 0 atom stereocenters. The Kier molecular flexibility index (Phi) is 4.88. The molecule has 1 N–H and O–H groups in total. The SMILES string of the molecule is C1=CC(c2ccc(-c3ccc(Nc4ccccc4)c4c3CCC=C4)cc2)=CCC1. The minimum atomic E-state index is 1.08. The highest BCUT2D eigenvalue weighted by atomic mass is 14.9. The van der Waals surface area contributed by atoms with Crippen molar-refractivity contribution in [2.75, 3.05) is 5.32 Å². The molecule has 0 aromatic heterocycles. The highest BCUT2D eigenvalue weighted by Gasteiger charge is 2.15. The number of allylic oxidation sites excluding steroid dienone is 5. The van der Waals surface area contributed by atoms with E-state index in [1.807, 2.05) is 6.07 Å². The van der Waals surface area contributed by atoms with Crippen LogP contribution in [0.5, 0.6) is 0 Å². The molecule has 1 nitrogen and oxygen atoms in total. The number of hydrogen-bond acceptors (Lipinski definition) is 1. The Balaban J connectivity index is 1.50. The van der Waals surface area contributed by atoms with Gasteiger partial charge in [0, 0.05) is 16.9 Å². The standard InChI is InChI=1S/C28H25N/c1-3-9-21(10-4-1)22-15-17-23(18-16-22)25-19-20-28(27-14-8-7-13-26(25)27)29-24-11-5-2-6-12-24/h2-3,5-6,8-12,14-20,29H,1,4,7,13H2. The van der Waals surface area contributed by atoms with Gasteiger partial charge in [0.2, 0.25) is 0 Å². The zero-order valence-electron chi connectivity index (χ0n) is 16.6. The van der Waals surface area contributed by atoms with Gasteiger partial charge in [-0.15, -0.1) is 0 Å². The van der Waals surface area contributed by atoms with E-state index in [1.54, 1.807) is 0 Å². The van der Waals surface area contributed by atoms with Crippen LogP contribution in [0.15, 0.2) is 91.0 Å². The maximum Gasteiger partial charge on any atom is 0.0460 e. The maximum absolute atomic E-state index is 3.60. The van der Waals surface area contributed by atoms with E-state index in [4.69, 9.17) is 0 Å². The number of nitrogens with one attached hydrogen (secondary N) is 1. The third kappa shape index (κ3) is 3.69. The van der Waals surface area contributed by atoms with Gasteiger partial charge in [0.25, 0.3) is 0 Å². The van der Waals surface area contributed by atoms with Crippen LogP contribution in [0, 0.1) is 0 Å². The van der Waals surface area contributed by atoms with E-state index in [0.717, 1.165) is 31.4 Å². The molecule has 0 spiro atoms. The van der Waals surface area contributed by atoms with Gasteiger partial charge in [0.05, 0.1) is 0 Å². The fourth-order valence-electron chi connectivity index (χ4n) is 4.28. The van der Waals surface area contributed by atoms with Gasteiger partial charge in [0.1, 0.15) is 0 Å². The number of fused-ring (bicyclic) bond motifs is 1. The Morgan fingerprint density at radius 3 is 2.24 bits per heavy atom. The first-order chi connectivity index (χ1) is 14.4. The molecule has 2 aliphatic rings. The fraction of sp³-hybridized carbons (Fsp3) is 0.143. The van der Waals surface area contributed by atoms with E-state index >= 15 is 0 Å². The molecule has 0 saturated heterocycles. The molecule has 0 amide bonds. The summed E-state index contributed by atoms with van der Waals surface area (Å²) in [5.74, 6) is 0.